The van der Waals surface area contributed by atoms with Crippen LogP contribution in [0.3, 0.4) is 0 Å². The highest BCUT2D eigenvalue weighted by atomic mass is 16.5. The average molecular weight is 755 g/mol. The third-order valence-electron chi connectivity index (χ3n) is 9.20. The molecule has 57 heavy (non-hydrogen) atoms. The fourth-order valence-corrected chi connectivity index (χ4v) is 6.32. The summed E-state index contributed by atoms with van der Waals surface area (Å²) in [7, 11) is 1.52. The molecule has 0 spiro atoms. The molecule has 6 aromatic carbocycles. The minimum Gasteiger partial charge on any atom is -0.493 e. The first-order valence-electron chi connectivity index (χ1n) is 18.2. The summed E-state index contributed by atoms with van der Waals surface area (Å²) >= 11 is 0. The summed E-state index contributed by atoms with van der Waals surface area (Å²) in [6.45, 7) is 0. The summed E-state index contributed by atoms with van der Waals surface area (Å²) in [6.07, 6.45) is 3.12. The topological polar surface area (TPSA) is 135 Å². The smallest absolute Gasteiger partial charge is 0.268 e. The predicted molar refractivity (Wildman–Crippen MR) is 218 cm³/mol. The minimum atomic E-state index is -0.888. The van der Waals surface area contributed by atoms with Gasteiger partial charge in [-0.05, 0) is 82.9 Å². The van der Waals surface area contributed by atoms with Gasteiger partial charge in [0, 0.05) is 11.1 Å². The predicted octanol–water partition coefficient (Wildman–Crippen LogP) is 7.76. The molecule has 0 aromatic heterocycles. The van der Waals surface area contributed by atoms with Gasteiger partial charge in [0.1, 0.15) is 17.1 Å². The molecule has 2 aliphatic heterocycles. The molecule has 10 nitrogen and oxygen atoms in total. The van der Waals surface area contributed by atoms with Crippen LogP contribution in [-0.2, 0) is 9.59 Å². The van der Waals surface area contributed by atoms with Crippen LogP contribution in [0.5, 0.6) is 17.2 Å². The zero-order valence-corrected chi connectivity index (χ0v) is 30.8. The van der Waals surface area contributed by atoms with Crippen molar-refractivity contribution in [2.45, 2.75) is 12.1 Å². The van der Waals surface area contributed by atoms with Crippen LogP contribution in [0.1, 0.15) is 55.1 Å². The van der Waals surface area contributed by atoms with E-state index in [-0.39, 0.29) is 11.4 Å². The Hall–Kier alpha value is -7.72. The molecule has 4 N–H and O–H groups in total. The van der Waals surface area contributed by atoms with Gasteiger partial charge in [-0.3, -0.25) is 19.2 Å². The molecule has 2 aliphatic rings. The molecule has 4 amide bonds. The van der Waals surface area contributed by atoms with E-state index in [1.807, 2.05) is 60.7 Å². The number of nitrogens with one attached hydrogen (secondary N) is 4. The largest absolute Gasteiger partial charge is 0.493 e. The van der Waals surface area contributed by atoms with Crippen LogP contribution in [0.4, 0.5) is 0 Å². The maximum absolute atomic E-state index is 14.6. The van der Waals surface area contributed by atoms with Crippen LogP contribution in [0.15, 0.2) is 175 Å². The Kier molecular flexibility index (Phi) is 11.6. The summed E-state index contributed by atoms with van der Waals surface area (Å²) in [6, 6.07) is 45.9. The first-order chi connectivity index (χ1) is 27.8. The van der Waals surface area contributed by atoms with Gasteiger partial charge in [-0.2, -0.15) is 0 Å². The number of fused-ring (bicyclic) bond motifs is 9. The van der Waals surface area contributed by atoms with E-state index in [1.54, 1.807) is 115 Å². The van der Waals surface area contributed by atoms with Gasteiger partial charge in [-0.1, -0.05) is 115 Å². The van der Waals surface area contributed by atoms with Gasteiger partial charge in [0.15, 0.2) is 11.5 Å². The average Bonchev–Trinajstić information content (AvgIpc) is 3.26. The van der Waals surface area contributed by atoms with Crippen molar-refractivity contribution in [2.24, 2.45) is 0 Å². The number of ether oxygens (including phenoxy) is 2. The van der Waals surface area contributed by atoms with Crippen LogP contribution in [0, 0.1) is 0 Å². The van der Waals surface area contributed by atoms with E-state index >= 15 is 0 Å². The highest BCUT2D eigenvalue weighted by Crippen LogP contribution is 2.34. The standard InChI is InChI=1S/C47H38N4O6/c1-56-40-27-24-32-29-39(49-45(53)36-20-12-5-13-21-36)47(55)51-43(34-16-8-3-9-17-34)42(33-14-6-2-7-15-33)50-46(54)38(48-44(52)35-18-10-4-11-19-35)28-31-22-25-37(26-23-31)57-41(40)30-32/h2-30,42-43H,1H3,(H,48,52)(H,49,53)(H,50,54)(H,51,55)/b38-28-,39-29-/t42-,43-/m1/s1. The zero-order chi connectivity index (χ0) is 39.6. The summed E-state index contributed by atoms with van der Waals surface area (Å²) in [5, 5.41) is 11.9. The van der Waals surface area contributed by atoms with Crippen LogP contribution in [0.25, 0.3) is 12.2 Å². The summed E-state index contributed by atoms with van der Waals surface area (Å²) < 4.78 is 11.8. The lowest BCUT2D eigenvalue weighted by molar-refractivity contribution is -0.121. The molecule has 0 fully saturated rings. The molecule has 0 saturated heterocycles. The Morgan fingerprint density at radius 2 is 0.965 bits per heavy atom. The van der Waals surface area contributed by atoms with E-state index in [1.165, 1.54) is 7.11 Å². The number of hydrogen-bond acceptors (Lipinski definition) is 6. The Morgan fingerprint density at radius 3 is 1.42 bits per heavy atom. The van der Waals surface area contributed by atoms with Crippen molar-refractivity contribution in [2.75, 3.05) is 7.11 Å². The summed E-state index contributed by atoms with van der Waals surface area (Å²) in [5.74, 6) is -0.995. The highest BCUT2D eigenvalue weighted by molar-refractivity contribution is 6.06. The molecule has 2 atom stereocenters. The molecular weight excluding hydrogens is 717 g/mol. The van der Waals surface area contributed by atoms with Gasteiger partial charge in [0.2, 0.25) is 0 Å². The SMILES string of the molecule is COc1ccc2cc1Oc1ccc(cc1)/C=C(\NC(=O)c1ccccc1)C(=O)N[C@H](c1ccccc1)[C@@H](c1ccccc1)NC(=O)/C(NC(=O)c1ccccc1)=C/2. The lowest BCUT2D eigenvalue weighted by atomic mass is 9.92. The second-order valence-corrected chi connectivity index (χ2v) is 13.1. The number of rotatable bonds is 7. The van der Waals surface area contributed by atoms with Crippen molar-refractivity contribution >= 4 is 35.8 Å². The quantitative estimate of drug-likeness (QED) is 0.132. The van der Waals surface area contributed by atoms with E-state index < -0.39 is 35.7 Å². The molecular formula is C47H38N4O6. The molecule has 8 rings (SSSR count). The number of carbonyl (C=O) groups excluding carboxylic acids is 4. The molecule has 0 saturated carbocycles. The van der Waals surface area contributed by atoms with E-state index in [2.05, 4.69) is 21.3 Å². The van der Waals surface area contributed by atoms with Gasteiger partial charge in [-0.15, -0.1) is 0 Å². The lowest BCUT2D eigenvalue weighted by Crippen LogP contribution is -2.45. The van der Waals surface area contributed by atoms with Gasteiger partial charge in [0.25, 0.3) is 23.6 Å². The Balaban J connectivity index is 1.39. The number of methoxy groups -OCH3 is 1. The second-order valence-electron chi connectivity index (χ2n) is 13.1. The summed E-state index contributed by atoms with van der Waals surface area (Å²) in [4.78, 5) is 56.4. The van der Waals surface area contributed by atoms with Crippen LogP contribution in [-0.4, -0.2) is 30.7 Å². The Morgan fingerprint density at radius 1 is 0.544 bits per heavy atom. The van der Waals surface area contributed by atoms with E-state index in [0.29, 0.717) is 50.6 Å². The second kappa shape index (κ2) is 17.6. The molecule has 0 aliphatic carbocycles. The fourth-order valence-electron chi connectivity index (χ4n) is 6.32. The highest BCUT2D eigenvalue weighted by Gasteiger charge is 2.31. The van der Waals surface area contributed by atoms with E-state index in [4.69, 9.17) is 9.47 Å². The maximum atomic E-state index is 14.6. The first-order valence-corrected chi connectivity index (χ1v) is 18.2. The van der Waals surface area contributed by atoms with Crippen molar-refractivity contribution in [3.63, 3.8) is 0 Å². The summed E-state index contributed by atoms with van der Waals surface area (Å²) in [5.41, 5.74) is 3.07. The normalized spacial score (nSPS) is 17.4. The number of amides is 4. The third-order valence-corrected chi connectivity index (χ3v) is 9.20. The third kappa shape index (κ3) is 9.33. The van der Waals surface area contributed by atoms with Crippen molar-refractivity contribution in [3.05, 3.63) is 209 Å². The van der Waals surface area contributed by atoms with Gasteiger partial charge in [0.05, 0.1) is 19.2 Å². The molecule has 4 bridgehead atoms. The maximum Gasteiger partial charge on any atom is 0.268 e. The van der Waals surface area contributed by atoms with E-state index in [9.17, 15) is 19.2 Å². The van der Waals surface area contributed by atoms with Crippen molar-refractivity contribution in [1.82, 2.24) is 21.3 Å². The van der Waals surface area contributed by atoms with Crippen molar-refractivity contribution in [3.8, 4) is 17.2 Å². The number of benzene rings is 6. The molecule has 282 valence electrons. The fraction of sp³-hybridized carbons (Fsp3) is 0.0638. The van der Waals surface area contributed by atoms with Gasteiger partial charge < -0.3 is 30.7 Å². The Bertz CT molecular complexity index is 2440. The lowest BCUT2D eigenvalue weighted by Gasteiger charge is -2.30. The Labute approximate surface area is 329 Å². The van der Waals surface area contributed by atoms with Gasteiger partial charge in [-0.25, -0.2) is 0 Å². The molecule has 0 unspecified atom stereocenters. The number of carbonyl (C=O) groups is 4. The number of hydrogen-bond donors (Lipinski definition) is 4. The molecule has 0 radical (unpaired) electrons. The zero-order valence-electron chi connectivity index (χ0n) is 30.8. The van der Waals surface area contributed by atoms with Crippen molar-refractivity contribution in [1.29, 1.82) is 0 Å². The first kappa shape index (κ1) is 37.6. The molecule has 10 heteroatoms. The van der Waals surface area contributed by atoms with Crippen LogP contribution < -0.4 is 30.7 Å². The minimum absolute atomic E-state index is 0.0391. The molecule has 6 aromatic rings. The monoisotopic (exact) mass is 754 g/mol. The van der Waals surface area contributed by atoms with Crippen LogP contribution in [0.2, 0.25) is 0 Å². The van der Waals surface area contributed by atoms with Gasteiger partial charge >= 0.3 is 0 Å². The molecule has 2 heterocycles. The van der Waals surface area contributed by atoms with E-state index in [0.717, 1.165) is 0 Å². The van der Waals surface area contributed by atoms with Crippen molar-refractivity contribution < 1.29 is 28.7 Å². The van der Waals surface area contributed by atoms with Crippen LogP contribution >= 0.6 is 0 Å².